The highest BCUT2D eigenvalue weighted by molar-refractivity contribution is 8.18. The molecule has 0 radical (unpaired) electrons. The molecule has 0 saturated carbocycles. The molecule has 1 aliphatic rings. The Bertz CT molecular complexity index is 1050. The van der Waals surface area contributed by atoms with E-state index in [9.17, 15) is 9.59 Å². The van der Waals surface area contributed by atoms with Crippen LogP contribution in [-0.2, 0) is 14.3 Å². The SMILES string of the molecule is COC(=O)/C=C1\S/C(=N\N=C\c2ccc(C)cc2)N(/N=C/c2ccc(C)cc2)C1=O. The zero-order chi connectivity index (χ0) is 21.5. The molecule has 1 aliphatic heterocycles. The van der Waals surface area contributed by atoms with E-state index >= 15 is 0 Å². The number of methoxy groups -OCH3 is 1. The summed E-state index contributed by atoms with van der Waals surface area (Å²) in [5.41, 5.74) is 3.96. The number of amides is 1. The maximum absolute atomic E-state index is 12.7. The van der Waals surface area contributed by atoms with Crippen molar-refractivity contribution in [2.75, 3.05) is 7.11 Å². The van der Waals surface area contributed by atoms with Crippen molar-refractivity contribution in [3.63, 3.8) is 0 Å². The van der Waals surface area contributed by atoms with Crippen LogP contribution in [-0.4, -0.2) is 41.6 Å². The number of nitrogens with zero attached hydrogens (tertiary/aromatic N) is 4. The van der Waals surface area contributed by atoms with Crippen LogP contribution < -0.4 is 0 Å². The molecule has 1 amide bonds. The van der Waals surface area contributed by atoms with Crippen LogP contribution in [0, 0.1) is 13.8 Å². The number of hydrogen-bond donors (Lipinski definition) is 0. The average molecular weight is 420 g/mol. The highest BCUT2D eigenvalue weighted by atomic mass is 32.2. The molecule has 0 unspecified atom stereocenters. The molecule has 0 aromatic heterocycles. The smallest absolute Gasteiger partial charge is 0.331 e. The van der Waals surface area contributed by atoms with Crippen LogP contribution in [0.15, 0.2) is 74.8 Å². The molecule has 2 aromatic rings. The predicted molar refractivity (Wildman–Crippen MR) is 120 cm³/mol. The number of carbonyl (C=O) groups excluding carboxylic acids is 2. The number of esters is 1. The standard InChI is InChI=1S/C22H20N4O3S/c1-15-4-8-17(9-5-15)13-23-25-22-26(21(28)19(30-22)12-20(27)29-3)24-14-18-10-6-16(2)7-11-18/h4-14H,1-3H3/b19-12-,23-13+,24-14+,25-22-. The largest absolute Gasteiger partial charge is 0.466 e. The van der Waals surface area contributed by atoms with Crippen molar-refractivity contribution in [1.29, 1.82) is 0 Å². The van der Waals surface area contributed by atoms with Gasteiger partial charge in [-0.15, -0.1) is 5.10 Å². The number of benzene rings is 2. The maximum atomic E-state index is 12.7. The number of thioether (sulfide) groups is 1. The van der Waals surface area contributed by atoms with Crippen LogP contribution in [0.1, 0.15) is 22.3 Å². The molecular formula is C22H20N4O3S. The predicted octanol–water partition coefficient (Wildman–Crippen LogP) is 3.66. The Hall–Kier alpha value is -3.52. The average Bonchev–Trinajstić information content (AvgIpc) is 3.03. The fourth-order valence-electron chi connectivity index (χ4n) is 2.37. The molecule has 7 nitrogen and oxygen atoms in total. The molecular weight excluding hydrogens is 400 g/mol. The molecule has 30 heavy (non-hydrogen) atoms. The number of ether oxygens (including phenoxy) is 1. The summed E-state index contributed by atoms with van der Waals surface area (Å²) < 4.78 is 4.61. The van der Waals surface area contributed by atoms with Crippen LogP contribution in [0.5, 0.6) is 0 Å². The minimum atomic E-state index is -0.627. The van der Waals surface area contributed by atoms with Gasteiger partial charge in [-0.25, -0.2) is 4.79 Å². The second-order valence-corrected chi connectivity index (χ2v) is 7.45. The zero-order valence-corrected chi connectivity index (χ0v) is 17.6. The fourth-order valence-corrected chi connectivity index (χ4v) is 3.20. The van der Waals surface area contributed by atoms with E-state index in [-0.39, 0.29) is 10.1 Å². The molecule has 0 aliphatic carbocycles. The number of hydrazone groups is 1. The van der Waals surface area contributed by atoms with Gasteiger partial charge in [-0.2, -0.15) is 15.2 Å². The lowest BCUT2D eigenvalue weighted by atomic mass is 10.2. The summed E-state index contributed by atoms with van der Waals surface area (Å²) >= 11 is 1.00. The van der Waals surface area contributed by atoms with Gasteiger partial charge in [0, 0.05) is 6.08 Å². The first kappa shape index (κ1) is 21.2. The van der Waals surface area contributed by atoms with Crippen LogP contribution in [0.25, 0.3) is 0 Å². The maximum Gasteiger partial charge on any atom is 0.331 e. The first-order valence-corrected chi connectivity index (χ1v) is 9.88. The molecule has 1 heterocycles. The van der Waals surface area contributed by atoms with Crippen molar-refractivity contribution in [1.82, 2.24) is 5.01 Å². The molecule has 8 heteroatoms. The normalized spacial score (nSPS) is 17.0. The molecule has 0 bridgehead atoms. The highest BCUT2D eigenvalue weighted by Gasteiger charge is 2.34. The second kappa shape index (κ2) is 9.80. The Morgan fingerprint density at radius 2 is 1.53 bits per heavy atom. The van der Waals surface area contributed by atoms with Crippen molar-refractivity contribution in [2.24, 2.45) is 15.3 Å². The number of hydrogen-bond acceptors (Lipinski definition) is 7. The quantitative estimate of drug-likeness (QED) is 0.320. The summed E-state index contributed by atoms with van der Waals surface area (Å²) in [6.45, 7) is 3.99. The van der Waals surface area contributed by atoms with E-state index in [0.29, 0.717) is 0 Å². The molecule has 1 saturated heterocycles. The summed E-state index contributed by atoms with van der Waals surface area (Å²) in [6.07, 6.45) is 4.26. The monoisotopic (exact) mass is 420 g/mol. The van der Waals surface area contributed by atoms with Gasteiger partial charge in [0.1, 0.15) is 0 Å². The van der Waals surface area contributed by atoms with Crippen LogP contribution >= 0.6 is 11.8 Å². The van der Waals surface area contributed by atoms with Crippen molar-refractivity contribution in [3.05, 3.63) is 81.8 Å². The van der Waals surface area contributed by atoms with Gasteiger partial charge in [0.2, 0.25) is 5.17 Å². The van der Waals surface area contributed by atoms with Crippen molar-refractivity contribution >= 4 is 41.2 Å². The van der Waals surface area contributed by atoms with Gasteiger partial charge in [0.15, 0.2) is 0 Å². The van der Waals surface area contributed by atoms with E-state index in [1.165, 1.54) is 7.11 Å². The first-order chi connectivity index (χ1) is 14.5. The lowest BCUT2D eigenvalue weighted by Crippen LogP contribution is -2.23. The second-order valence-electron chi connectivity index (χ2n) is 6.44. The van der Waals surface area contributed by atoms with Gasteiger partial charge in [0.05, 0.1) is 24.4 Å². The third-order valence-electron chi connectivity index (χ3n) is 4.06. The Kier molecular flexibility index (Phi) is 6.92. The van der Waals surface area contributed by atoms with E-state index in [2.05, 4.69) is 20.0 Å². The van der Waals surface area contributed by atoms with Crippen molar-refractivity contribution in [2.45, 2.75) is 13.8 Å². The van der Waals surface area contributed by atoms with Gasteiger partial charge in [-0.05, 0) is 36.7 Å². The molecule has 0 spiro atoms. The Morgan fingerprint density at radius 1 is 0.967 bits per heavy atom. The van der Waals surface area contributed by atoms with E-state index < -0.39 is 11.9 Å². The van der Waals surface area contributed by atoms with Crippen LogP contribution in [0.2, 0.25) is 0 Å². The third kappa shape index (κ3) is 5.51. The summed E-state index contributed by atoms with van der Waals surface area (Å²) in [4.78, 5) is 24.4. The molecule has 3 rings (SSSR count). The lowest BCUT2D eigenvalue weighted by molar-refractivity contribution is -0.135. The van der Waals surface area contributed by atoms with Crippen molar-refractivity contribution < 1.29 is 14.3 Å². The van der Waals surface area contributed by atoms with Crippen LogP contribution in [0.4, 0.5) is 0 Å². The Balaban J connectivity index is 1.87. The van der Waals surface area contributed by atoms with Gasteiger partial charge in [-0.1, -0.05) is 59.7 Å². The molecule has 152 valence electrons. The van der Waals surface area contributed by atoms with Gasteiger partial charge in [-0.3, -0.25) is 4.79 Å². The fraction of sp³-hybridized carbons (Fsp3) is 0.136. The zero-order valence-electron chi connectivity index (χ0n) is 16.8. The van der Waals surface area contributed by atoms with E-state index in [1.54, 1.807) is 12.4 Å². The highest BCUT2D eigenvalue weighted by Crippen LogP contribution is 2.31. The van der Waals surface area contributed by atoms with Gasteiger partial charge < -0.3 is 4.74 Å². The molecule has 1 fully saturated rings. The minimum Gasteiger partial charge on any atom is -0.466 e. The van der Waals surface area contributed by atoms with Gasteiger partial charge in [0.25, 0.3) is 5.91 Å². The van der Waals surface area contributed by atoms with Crippen LogP contribution in [0.3, 0.4) is 0 Å². The molecule has 0 N–H and O–H groups in total. The third-order valence-corrected chi connectivity index (χ3v) is 5.01. The molecule has 2 aromatic carbocycles. The first-order valence-electron chi connectivity index (χ1n) is 9.06. The topological polar surface area (TPSA) is 83.7 Å². The minimum absolute atomic E-state index is 0.159. The summed E-state index contributed by atoms with van der Waals surface area (Å²) in [5, 5.41) is 13.8. The number of aryl methyl sites for hydroxylation is 2. The number of amidine groups is 1. The Labute approximate surface area is 178 Å². The van der Waals surface area contributed by atoms with Gasteiger partial charge >= 0.3 is 5.97 Å². The molecule has 0 atom stereocenters. The van der Waals surface area contributed by atoms with Crippen molar-refractivity contribution in [3.8, 4) is 0 Å². The Morgan fingerprint density at radius 3 is 2.10 bits per heavy atom. The van der Waals surface area contributed by atoms with E-state index in [1.807, 2.05) is 62.4 Å². The summed E-state index contributed by atoms with van der Waals surface area (Å²) in [7, 11) is 1.25. The summed E-state index contributed by atoms with van der Waals surface area (Å²) in [5.74, 6) is -1.10. The lowest BCUT2D eigenvalue weighted by Gasteiger charge is -2.06. The number of rotatable bonds is 5. The van der Waals surface area contributed by atoms with E-state index in [0.717, 1.165) is 45.1 Å². The van der Waals surface area contributed by atoms with E-state index in [4.69, 9.17) is 0 Å². The summed E-state index contributed by atoms with van der Waals surface area (Å²) in [6, 6.07) is 15.5. The number of carbonyl (C=O) groups is 2.